The third-order valence-corrected chi connectivity index (χ3v) is 4.12. The van der Waals surface area contributed by atoms with Crippen LogP contribution in [0.2, 0.25) is 0 Å². The molecule has 8 heteroatoms. The Morgan fingerprint density at radius 2 is 2.23 bits per heavy atom. The van der Waals surface area contributed by atoms with Crippen molar-refractivity contribution in [2.45, 2.75) is 31.3 Å². The van der Waals surface area contributed by atoms with Crippen molar-refractivity contribution in [1.82, 2.24) is 0 Å². The minimum absolute atomic E-state index is 0.0594. The predicted octanol–water partition coefficient (Wildman–Crippen LogP) is 2.13. The number of anilines is 1. The van der Waals surface area contributed by atoms with E-state index in [1.54, 1.807) is 6.92 Å². The van der Waals surface area contributed by atoms with Crippen molar-refractivity contribution in [3.8, 4) is 5.75 Å². The van der Waals surface area contributed by atoms with Crippen molar-refractivity contribution in [3.63, 3.8) is 0 Å². The molecule has 22 heavy (non-hydrogen) atoms. The highest BCUT2D eigenvalue weighted by molar-refractivity contribution is 5.69. The lowest BCUT2D eigenvalue weighted by molar-refractivity contribution is -0.384. The molecule has 0 aliphatic carbocycles. The van der Waals surface area contributed by atoms with Gasteiger partial charge in [-0.15, -0.1) is 0 Å². The Hall–Kier alpha value is -1.96. The van der Waals surface area contributed by atoms with E-state index in [0.29, 0.717) is 17.7 Å². The summed E-state index contributed by atoms with van der Waals surface area (Å²) in [6, 6.07) is 2.80. The number of ether oxygens (including phenoxy) is 1. The van der Waals surface area contributed by atoms with Gasteiger partial charge in [0.15, 0.2) is 0 Å². The van der Waals surface area contributed by atoms with Gasteiger partial charge in [0, 0.05) is 37.1 Å². The molecule has 0 radical (unpaired) electrons. The van der Waals surface area contributed by atoms with Crippen molar-refractivity contribution in [2.24, 2.45) is 0 Å². The molecule has 0 bridgehead atoms. The Kier molecular flexibility index (Phi) is 3.24. The van der Waals surface area contributed by atoms with E-state index in [-0.39, 0.29) is 30.9 Å². The Labute approximate surface area is 125 Å². The van der Waals surface area contributed by atoms with Gasteiger partial charge in [0.1, 0.15) is 17.0 Å². The normalized spacial score (nSPS) is 25.9. The number of fused-ring (bicyclic) bond motifs is 1. The van der Waals surface area contributed by atoms with Gasteiger partial charge in [-0.25, -0.2) is 8.78 Å². The summed E-state index contributed by atoms with van der Waals surface area (Å²) in [4.78, 5) is 12.0. The Balaban J connectivity index is 2.01. The van der Waals surface area contributed by atoms with Gasteiger partial charge in [-0.05, 0) is 6.92 Å². The molecule has 0 saturated carbocycles. The molecular weight excluding hydrogens is 298 g/mol. The fraction of sp³-hybridized carbons (Fsp3) is 0.571. The van der Waals surface area contributed by atoms with E-state index < -0.39 is 23.0 Å². The van der Waals surface area contributed by atoms with Crippen molar-refractivity contribution in [2.75, 3.05) is 24.6 Å². The number of nitrogens with zero attached hydrogens (tertiary/aromatic N) is 2. The van der Waals surface area contributed by atoms with Gasteiger partial charge >= 0.3 is 0 Å². The molecule has 1 N–H and O–H groups in total. The molecule has 0 spiro atoms. The van der Waals surface area contributed by atoms with Crippen LogP contribution < -0.4 is 9.64 Å². The third kappa shape index (κ3) is 2.47. The summed E-state index contributed by atoms with van der Waals surface area (Å²) in [6.45, 7) is 0.989. The zero-order valence-electron chi connectivity index (χ0n) is 12.0. The minimum atomic E-state index is -2.84. The zero-order valence-corrected chi connectivity index (χ0v) is 12.0. The standard InChI is InChI=1S/C14H16F2N2O4/c1-13(8-19)6-9-4-11(18(20)21)10(5-12(9)22-13)17-3-2-14(15,16)7-17/h4-5,19H,2-3,6-8H2,1H3. The van der Waals surface area contributed by atoms with E-state index in [1.165, 1.54) is 17.0 Å². The van der Waals surface area contributed by atoms with E-state index in [9.17, 15) is 24.0 Å². The van der Waals surface area contributed by atoms with Crippen molar-refractivity contribution in [1.29, 1.82) is 0 Å². The van der Waals surface area contributed by atoms with Gasteiger partial charge in [-0.3, -0.25) is 10.1 Å². The molecule has 0 aromatic heterocycles. The summed E-state index contributed by atoms with van der Waals surface area (Å²) in [7, 11) is 0. The summed E-state index contributed by atoms with van der Waals surface area (Å²) in [5, 5.41) is 20.6. The van der Waals surface area contributed by atoms with E-state index in [2.05, 4.69) is 0 Å². The molecule has 2 heterocycles. The first-order valence-electron chi connectivity index (χ1n) is 6.97. The van der Waals surface area contributed by atoms with Crippen LogP contribution in [0.25, 0.3) is 0 Å². The second-order valence-corrected chi connectivity index (χ2v) is 6.12. The van der Waals surface area contributed by atoms with Crippen molar-refractivity contribution < 1.29 is 23.5 Å². The molecule has 1 unspecified atom stereocenters. The molecule has 1 atom stereocenters. The lowest BCUT2D eigenvalue weighted by Crippen LogP contribution is -2.34. The van der Waals surface area contributed by atoms with E-state index in [1.807, 2.05) is 0 Å². The summed E-state index contributed by atoms with van der Waals surface area (Å²) in [5.74, 6) is -2.43. The monoisotopic (exact) mass is 314 g/mol. The number of halogens is 2. The molecule has 2 aliphatic heterocycles. The lowest BCUT2D eigenvalue weighted by Gasteiger charge is -2.21. The van der Waals surface area contributed by atoms with Crippen LogP contribution in [0.4, 0.5) is 20.2 Å². The summed E-state index contributed by atoms with van der Waals surface area (Å²) < 4.78 is 32.4. The smallest absolute Gasteiger partial charge is 0.293 e. The predicted molar refractivity (Wildman–Crippen MR) is 74.7 cm³/mol. The Morgan fingerprint density at radius 3 is 2.77 bits per heavy atom. The number of nitro benzene ring substituents is 1. The molecule has 2 aliphatic rings. The molecule has 1 fully saturated rings. The van der Waals surface area contributed by atoms with E-state index in [0.717, 1.165) is 0 Å². The fourth-order valence-electron chi connectivity index (χ4n) is 2.97. The Morgan fingerprint density at radius 1 is 1.50 bits per heavy atom. The van der Waals surface area contributed by atoms with Gasteiger partial charge in [-0.2, -0.15) is 0 Å². The SMILES string of the molecule is CC1(CO)Cc2cc([N+](=O)[O-])c(N3CCC(F)(F)C3)cc2O1. The average molecular weight is 314 g/mol. The fourth-order valence-corrected chi connectivity index (χ4v) is 2.97. The summed E-state index contributed by atoms with van der Waals surface area (Å²) in [5.41, 5.74) is -0.285. The number of aliphatic hydroxyl groups is 1. The van der Waals surface area contributed by atoms with Crippen LogP contribution in [0.1, 0.15) is 18.9 Å². The van der Waals surface area contributed by atoms with Gasteiger partial charge in [0.25, 0.3) is 11.6 Å². The van der Waals surface area contributed by atoms with Crippen LogP contribution in [0, 0.1) is 10.1 Å². The van der Waals surface area contributed by atoms with Crippen LogP contribution in [0.3, 0.4) is 0 Å². The van der Waals surface area contributed by atoms with Gasteiger partial charge in [0.2, 0.25) is 0 Å². The number of nitro groups is 1. The lowest BCUT2D eigenvalue weighted by atomic mass is 9.99. The quantitative estimate of drug-likeness (QED) is 0.683. The molecule has 0 amide bonds. The molecular formula is C14H16F2N2O4. The van der Waals surface area contributed by atoms with Crippen LogP contribution in [-0.4, -0.2) is 41.2 Å². The van der Waals surface area contributed by atoms with Crippen LogP contribution in [0.15, 0.2) is 12.1 Å². The van der Waals surface area contributed by atoms with Gasteiger partial charge in [0.05, 0.1) is 18.1 Å². The maximum absolute atomic E-state index is 13.4. The second-order valence-electron chi connectivity index (χ2n) is 6.12. The van der Waals surface area contributed by atoms with Crippen molar-refractivity contribution >= 4 is 11.4 Å². The third-order valence-electron chi connectivity index (χ3n) is 4.12. The highest BCUT2D eigenvalue weighted by Gasteiger charge is 2.42. The first-order valence-corrected chi connectivity index (χ1v) is 6.97. The van der Waals surface area contributed by atoms with Gasteiger partial charge in [-0.1, -0.05) is 0 Å². The zero-order chi connectivity index (χ0) is 16.1. The highest BCUT2D eigenvalue weighted by atomic mass is 19.3. The van der Waals surface area contributed by atoms with Crippen LogP contribution in [-0.2, 0) is 6.42 Å². The van der Waals surface area contributed by atoms with Crippen LogP contribution in [0.5, 0.6) is 5.75 Å². The molecule has 1 aromatic carbocycles. The highest BCUT2D eigenvalue weighted by Crippen LogP contribution is 2.44. The molecule has 1 aromatic rings. The maximum atomic E-state index is 13.4. The number of hydrogen-bond acceptors (Lipinski definition) is 5. The maximum Gasteiger partial charge on any atom is 0.293 e. The minimum Gasteiger partial charge on any atom is -0.484 e. The number of hydrogen-bond donors (Lipinski definition) is 1. The number of alkyl halides is 2. The van der Waals surface area contributed by atoms with Gasteiger partial charge < -0.3 is 14.7 Å². The largest absolute Gasteiger partial charge is 0.484 e. The van der Waals surface area contributed by atoms with Crippen LogP contribution >= 0.6 is 0 Å². The number of aliphatic hydroxyl groups excluding tert-OH is 1. The Bertz CT molecular complexity index is 638. The molecule has 1 saturated heterocycles. The van der Waals surface area contributed by atoms with E-state index in [4.69, 9.17) is 4.74 Å². The van der Waals surface area contributed by atoms with E-state index >= 15 is 0 Å². The molecule has 120 valence electrons. The topological polar surface area (TPSA) is 75.8 Å². The molecule has 3 rings (SSSR count). The first kappa shape index (κ1) is 15.0. The second kappa shape index (κ2) is 4.77. The summed E-state index contributed by atoms with van der Waals surface area (Å²) in [6.07, 6.45) is 0.0204. The summed E-state index contributed by atoms with van der Waals surface area (Å²) >= 11 is 0. The van der Waals surface area contributed by atoms with Crippen molar-refractivity contribution in [3.05, 3.63) is 27.8 Å². The average Bonchev–Trinajstić information content (AvgIpc) is 2.96. The first-order chi connectivity index (χ1) is 10.2. The molecule has 6 nitrogen and oxygen atoms in total. The number of rotatable bonds is 3. The number of benzene rings is 1.